The van der Waals surface area contributed by atoms with Crippen molar-refractivity contribution in [1.29, 1.82) is 0 Å². The molecule has 0 atom stereocenters. The number of hydrazine groups is 1. The molecule has 7 nitrogen and oxygen atoms in total. The molecule has 3 aromatic rings. The van der Waals surface area contributed by atoms with E-state index in [-0.39, 0.29) is 23.9 Å². The lowest BCUT2D eigenvalue weighted by atomic mass is 9.91. The SMILES string of the molecule is O=C(CCC(=O)OCCCc1ccccc1)NC(=S)NNC(=O)C(c1ccccc1)c1ccccc1. The van der Waals surface area contributed by atoms with Gasteiger partial charge in [-0.2, -0.15) is 0 Å². The van der Waals surface area contributed by atoms with Gasteiger partial charge in [0.05, 0.1) is 18.9 Å². The lowest BCUT2D eigenvalue weighted by Gasteiger charge is -2.19. The highest BCUT2D eigenvalue weighted by Crippen LogP contribution is 2.24. The third-order valence-corrected chi connectivity index (χ3v) is 5.56. The highest BCUT2D eigenvalue weighted by Gasteiger charge is 2.22. The number of benzene rings is 3. The molecule has 0 aliphatic carbocycles. The van der Waals surface area contributed by atoms with Crippen LogP contribution in [0.5, 0.6) is 0 Å². The van der Waals surface area contributed by atoms with Crippen LogP contribution in [0, 0.1) is 0 Å². The predicted molar refractivity (Wildman–Crippen MR) is 142 cm³/mol. The molecule has 0 bridgehead atoms. The first-order valence-corrected chi connectivity index (χ1v) is 12.1. The maximum atomic E-state index is 13.0. The molecular formula is C28H29N3O4S. The van der Waals surface area contributed by atoms with Gasteiger partial charge in [0.1, 0.15) is 0 Å². The summed E-state index contributed by atoms with van der Waals surface area (Å²) in [5, 5.41) is 2.39. The number of rotatable bonds is 10. The molecule has 0 aromatic heterocycles. The van der Waals surface area contributed by atoms with Crippen LogP contribution in [0.4, 0.5) is 0 Å². The zero-order chi connectivity index (χ0) is 25.6. The van der Waals surface area contributed by atoms with Crippen molar-refractivity contribution in [3.63, 3.8) is 0 Å². The molecule has 186 valence electrons. The van der Waals surface area contributed by atoms with E-state index in [1.165, 1.54) is 5.56 Å². The van der Waals surface area contributed by atoms with Crippen molar-refractivity contribution >= 4 is 35.1 Å². The van der Waals surface area contributed by atoms with Gasteiger partial charge in [-0.1, -0.05) is 91.0 Å². The average molecular weight is 504 g/mol. The van der Waals surface area contributed by atoms with Crippen LogP contribution in [0.3, 0.4) is 0 Å². The summed E-state index contributed by atoms with van der Waals surface area (Å²) >= 11 is 5.11. The number of hydrogen-bond donors (Lipinski definition) is 3. The predicted octanol–water partition coefficient (Wildman–Crippen LogP) is 3.80. The second-order valence-corrected chi connectivity index (χ2v) is 8.46. The molecule has 0 unspecified atom stereocenters. The summed E-state index contributed by atoms with van der Waals surface area (Å²) < 4.78 is 5.18. The smallest absolute Gasteiger partial charge is 0.306 e. The maximum absolute atomic E-state index is 13.0. The third kappa shape index (κ3) is 8.96. The van der Waals surface area contributed by atoms with Gasteiger partial charge in [0.25, 0.3) is 0 Å². The van der Waals surface area contributed by atoms with E-state index in [0.717, 1.165) is 17.5 Å². The van der Waals surface area contributed by atoms with Crippen LogP contribution in [0.2, 0.25) is 0 Å². The first-order chi connectivity index (χ1) is 17.5. The van der Waals surface area contributed by atoms with Gasteiger partial charge in [0.15, 0.2) is 5.11 Å². The van der Waals surface area contributed by atoms with Gasteiger partial charge < -0.3 is 10.1 Å². The molecule has 0 heterocycles. The summed E-state index contributed by atoms with van der Waals surface area (Å²) in [6.07, 6.45) is 1.39. The van der Waals surface area contributed by atoms with Crippen LogP contribution in [0.1, 0.15) is 41.9 Å². The van der Waals surface area contributed by atoms with Crippen LogP contribution in [-0.2, 0) is 25.5 Å². The van der Waals surface area contributed by atoms with Gasteiger partial charge >= 0.3 is 5.97 Å². The van der Waals surface area contributed by atoms with Crippen LogP contribution in [0.25, 0.3) is 0 Å². The second-order valence-electron chi connectivity index (χ2n) is 8.06. The fourth-order valence-corrected chi connectivity index (χ4v) is 3.76. The molecule has 8 heteroatoms. The standard InChI is InChI=1S/C28H29N3O4S/c32-24(18-19-25(33)35-20-10-13-21-11-4-1-5-12-21)29-28(36)31-30-27(34)26(22-14-6-2-7-15-22)23-16-8-3-9-17-23/h1-9,11-12,14-17,26H,10,13,18-20H2,(H,30,34)(H2,29,31,32,36). The summed E-state index contributed by atoms with van der Waals surface area (Å²) in [6, 6.07) is 28.7. The number of hydrogen-bond acceptors (Lipinski definition) is 5. The van der Waals surface area contributed by atoms with Crippen molar-refractivity contribution < 1.29 is 19.1 Å². The lowest BCUT2D eigenvalue weighted by molar-refractivity contribution is -0.145. The molecule has 3 rings (SSSR count). The Hall–Kier alpha value is -4.04. The molecule has 3 aromatic carbocycles. The normalized spacial score (nSPS) is 10.4. The quantitative estimate of drug-likeness (QED) is 0.169. The average Bonchev–Trinajstić information content (AvgIpc) is 2.91. The Morgan fingerprint density at radius 1 is 0.750 bits per heavy atom. The first kappa shape index (κ1) is 26.6. The van der Waals surface area contributed by atoms with Crippen molar-refractivity contribution in [2.75, 3.05) is 6.61 Å². The molecule has 3 N–H and O–H groups in total. The van der Waals surface area contributed by atoms with E-state index in [9.17, 15) is 14.4 Å². The molecule has 36 heavy (non-hydrogen) atoms. The zero-order valence-electron chi connectivity index (χ0n) is 19.8. The molecule has 0 radical (unpaired) electrons. The van der Waals surface area contributed by atoms with Crippen LogP contribution in [0.15, 0.2) is 91.0 Å². The maximum Gasteiger partial charge on any atom is 0.306 e. The Kier molecular flexibility index (Phi) is 10.6. The van der Waals surface area contributed by atoms with E-state index in [1.54, 1.807) is 0 Å². The van der Waals surface area contributed by atoms with E-state index >= 15 is 0 Å². The number of nitrogens with one attached hydrogen (secondary N) is 3. The van der Waals surface area contributed by atoms with Crippen LogP contribution in [-0.4, -0.2) is 29.5 Å². The minimum atomic E-state index is -0.560. The Bertz CT molecular complexity index is 1100. The van der Waals surface area contributed by atoms with Gasteiger partial charge in [0.2, 0.25) is 11.8 Å². The summed E-state index contributed by atoms with van der Waals surface area (Å²) in [5.74, 6) is -1.79. The number of carbonyl (C=O) groups is 3. The number of carbonyl (C=O) groups excluding carboxylic acids is 3. The highest BCUT2D eigenvalue weighted by atomic mass is 32.1. The monoisotopic (exact) mass is 503 g/mol. The zero-order valence-corrected chi connectivity index (χ0v) is 20.6. The van der Waals surface area contributed by atoms with Gasteiger partial charge in [-0.3, -0.25) is 25.2 Å². The van der Waals surface area contributed by atoms with Crippen molar-refractivity contribution in [2.45, 2.75) is 31.6 Å². The second kappa shape index (κ2) is 14.4. The topological polar surface area (TPSA) is 96.5 Å². The van der Waals surface area contributed by atoms with Gasteiger partial charge in [-0.05, 0) is 41.7 Å². The Morgan fingerprint density at radius 2 is 1.31 bits per heavy atom. The molecule has 2 amide bonds. The van der Waals surface area contributed by atoms with Gasteiger partial charge in [-0.15, -0.1) is 0 Å². The van der Waals surface area contributed by atoms with E-state index in [1.807, 2.05) is 91.0 Å². The number of amides is 2. The minimum absolute atomic E-state index is 0.0593. The van der Waals surface area contributed by atoms with Gasteiger partial charge in [0, 0.05) is 6.42 Å². The molecular weight excluding hydrogens is 474 g/mol. The summed E-state index contributed by atoms with van der Waals surface area (Å²) in [7, 11) is 0. The van der Waals surface area contributed by atoms with E-state index in [0.29, 0.717) is 13.0 Å². The van der Waals surface area contributed by atoms with Crippen LogP contribution >= 0.6 is 12.2 Å². The molecule has 0 aliphatic heterocycles. The fourth-order valence-electron chi connectivity index (χ4n) is 3.59. The number of ether oxygens (including phenoxy) is 1. The van der Waals surface area contributed by atoms with E-state index in [4.69, 9.17) is 17.0 Å². The molecule has 0 fully saturated rings. The number of thiocarbonyl (C=S) groups is 1. The van der Waals surface area contributed by atoms with Gasteiger partial charge in [-0.25, -0.2) is 0 Å². The molecule has 0 saturated heterocycles. The first-order valence-electron chi connectivity index (χ1n) is 11.7. The summed E-state index contributed by atoms with van der Waals surface area (Å²) in [6.45, 7) is 0.297. The van der Waals surface area contributed by atoms with E-state index < -0.39 is 17.8 Å². The summed E-state index contributed by atoms with van der Waals surface area (Å²) in [4.78, 5) is 37.0. The largest absolute Gasteiger partial charge is 0.466 e. The summed E-state index contributed by atoms with van der Waals surface area (Å²) in [5.41, 5.74) is 7.94. The van der Waals surface area contributed by atoms with Crippen molar-refractivity contribution in [1.82, 2.24) is 16.2 Å². The molecule has 0 aliphatic rings. The van der Waals surface area contributed by atoms with Crippen LogP contribution < -0.4 is 16.2 Å². The highest BCUT2D eigenvalue weighted by molar-refractivity contribution is 7.80. The Labute approximate surface area is 216 Å². The Morgan fingerprint density at radius 3 is 1.89 bits per heavy atom. The van der Waals surface area contributed by atoms with Crippen molar-refractivity contribution in [2.24, 2.45) is 0 Å². The van der Waals surface area contributed by atoms with Crippen molar-refractivity contribution in [3.8, 4) is 0 Å². The molecule has 0 saturated carbocycles. The van der Waals surface area contributed by atoms with Crippen molar-refractivity contribution in [3.05, 3.63) is 108 Å². The number of esters is 1. The molecule has 0 spiro atoms. The Balaban J connectivity index is 1.37. The number of aryl methyl sites for hydroxylation is 1. The third-order valence-electron chi connectivity index (χ3n) is 5.35. The lowest BCUT2D eigenvalue weighted by Crippen LogP contribution is -2.49. The fraction of sp³-hybridized carbons (Fsp3) is 0.214. The van der Waals surface area contributed by atoms with E-state index in [2.05, 4.69) is 16.2 Å². The minimum Gasteiger partial charge on any atom is -0.466 e.